The van der Waals surface area contributed by atoms with Gasteiger partial charge < -0.3 is 9.64 Å². The van der Waals surface area contributed by atoms with Gasteiger partial charge in [-0.25, -0.2) is 0 Å². The molecule has 0 aliphatic carbocycles. The maximum absolute atomic E-state index is 12.7. The van der Waals surface area contributed by atoms with Crippen molar-refractivity contribution in [2.75, 3.05) is 19.7 Å². The van der Waals surface area contributed by atoms with Gasteiger partial charge in [-0.2, -0.15) is 0 Å². The van der Waals surface area contributed by atoms with Gasteiger partial charge in [0.1, 0.15) is 12.4 Å². The van der Waals surface area contributed by atoms with Gasteiger partial charge in [-0.05, 0) is 43.5 Å². The molecule has 1 fully saturated rings. The zero-order chi connectivity index (χ0) is 19.5. The summed E-state index contributed by atoms with van der Waals surface area (Å²) in [5, 5.41) is 0.740. The Kier molecular flexibility index (Phi) is 5.88. The zero-order valence-electron chi connectivity index (χ0n) is 16.4. The number of amides is 1. The van der Waals surface area contributed by atoms with Crippen molar-refractivity contribution >= 4 is 17.5 Å². The van der Waals surface area contributed by atoms with Crippen LogP contribution in [0.15, 0.2) is 42.5 Å². The highest BCUT2D eigenvalue weighted by molar-refractivity contribution is 6.30. The van der Waals surface area contributed by atoms with Crippen LogP contribution in [0.4, 0.5) is 0 Å². The van der Waals surface area contributed by atoms with Gasteiger partial charge in [0.25, 0.3) is 0 Å². The SMILES string of the molecule is Cc1cccc(CN2CCC(N3CCOc4ccc(Cl)cc4C3)CCC2=O)c1. The smallest absolute Gasteiger partial charge is 0.222 e. The number of hydrogen-bond donors (Lipinski definition) is 0. The summed E-state index contributed by atoms with van der Waals surface area (Å²) in [4.78, 5) is 17.2. The highest BCUT2D eigenvalue weighted by atomic mass is 35.5. The predicted octanol–water partition coefficient (Wildman–Crippen LogP) is 4.42. The molecule has 2 aromatic carbocycles. The summed E-state index contributed by atoms with van der Waals surface area (Å²) in [7, 11) is 0. The molecule has 0 N–H and O–H groups in total. The molecule has 1 atom stereocenters. The van der Waals surface area contributed by atoms with Crippen LogP contribution in [-0.2, 0) is 17.9 Å². The molecule has 1 unspecified atom stereocenters. The topological polar surface area (TPSA) is 32.8 Å². The standard InChI is InChI=1S/C23H27ClN2O2/c1-17-3-2-4-18(13-17)15-26-10-9-21(6-8-23(26)27)25-11-12-28-22-7-5-20(24)14-19(22)16-25/h2-5,7,13-14,21H,6,8-12,15-16H2,1H3. The lowest BCUT2D eigenvalue weighted by Gasteiger charge is -2.29. The van der Waals surface area contributed by atoms with Crippen molar-refractivity contribution in [3.8, 4) is 5.75 Å². The number of aryl methyl sites for hydroxylation is 1. The Balaban J connectivity index is 1.43. The fourth-order valence-corrected chi connectivity index (χ4v) is 4.47. The molecule has 2 heterocycles. The Morgan fingerprint density at radius 2 is 2.04 bits per heavy atom. The van der Waals surface area contributed by atoms with Crippen molar-refractivity contribution in [1.82, 2.24) is 9.80 Å². The predicted molar refractivity (Wildman–Crippen MR) is 112 cm³/mol. The normalized spacial score (nSPS) is 20.9. The van der Waals surface area contributed by atoms with E-state index in [0.29, 0.717) is 25.6 Å². The van der Waals surface area contributed by atoms with Crippen LogP contribution in [-0.4, -0.2) is 41.4 Å². The Morgan fingerprint density at radius 1 is 1.14 bits per heavy atom. The minimum atomic E-state index is 0.263. The summed E-state index contributed by atoms with van der Waals surface area (Å²) in [5.41, 5.74) is 3.58. The molecular formula is C23H27ClN2O2. The highest BCUT2D eigenvalue weighted by Crippen LogP contribution is 2.29. The number of halogens is 1. The van der Waals surface area contributed by atoms with Gasteiger partial charge in [0.05, 0.1) is 0 Å². The zero-order valence-corrected chi connectivity index (χ0v) is 17.1. The Bertz CT molecular complexity index is 854. The lowest BCUT2D eigenvalue weighted by molar-refractivity contribution is -0.131. The molecule has 2 aromatic rings. The van der Waals surface area contributed by atoms with Crippen molar-refractivity contribution in [1.29, 1.82) is 0 Å². The van der Waals surface area contributed by atoms with Crippen molar-refractivity contribution in [2.45, 2.75) is 45.3 Å². The molecule has 0 radical (unpaired) electrons. The number of carbonyl (C=O) groups is 1. The maximum Gasteiger partial charge on any atom is 0.222 e. The summed E-state index contributed by atoms with van der Waals surface area (Å²) in [6.45, 7) is 5.98. The Hall–Kier alpha value is -2.04. The van der Waals surface area contributed by atoms with E-state index in [1.54, 1.807) is 0 Å². The summed E-state index contributed by atoms with van der Waals surface area (Å²) in [6.07, 6.45) is 2.50. The molecule has 1 saturated heterocycles. The van der Waals surface area contributed by atoms with Crippen LogP contribution in [0, 0.1) is 6.92 Å². The van der Waals surface area contributed by atoms with Crippen LogP contribution in [0.1, 0.15) is 36.0 Å². The van der Waals surface area contributed by atoms with Gasteiger partial charge in [-0.15, -0.1) is 0 Å². The fourth-order valence-electron chi connectivity index (χ4n) is 4.28. The van der Waals surface area contributed by atoms with Crippen molar-refractivity contribution in [3.63, 3.8) is 0 Å². The van der Waals surface area contributed by atoms with Crippen LogP contribution >= 0.6 is 11.6 Å². The van der Waals surface area contributed by atoms with Crippen LogP contribution in [0.25, 0.3) is 0 Å². The average molecular weight is 399 g/mol. The van der Waals surface area contributed by atoms with Crippen LogP contribution in [0.2, 0.25) is 5.02 Å². The molecule has 4 nitrogen and oxygen atoms in total. The van der Waals surface area contributed by atoms with Crippen LogP contribution < -0.4 is 4.74 Å². The van der Waals surface area contributed by atoms with Crippen LogP contribution in [0.3, 0.4) is 0 Å². The molecule has 28 heavy (non-hydrogen) atoms. The molecule has 2 aliphatic rings. The van der Waals surface area contributed by atoms with E-state index in [1.807, 2.05) is 23.1 Å². The van der Waals surface area contributed by atoms with Gasteiger partial charge in [-0.1, -0.05) is 41.4 Å². The first kappa shape index (κ1) is 19.3. The summed E-state index contributed by atoms with van der Waals surface area (Å²) in [5.74, 6) is 1.19. The maximum atomic E-state index is 12.7. The third-order valence-corrected chi connectivity index (χ3v) is 6.02. The number of carbonyl (C=O) groups excluding carboxylic acids is 1. The third kappa shape index (κ3) is 4.50. The van der Waals surface area contributed by atoms with Crippen molar-refractivity contribution < 1.29 is 9.53 Å². The Morgan fingerprint density at radius 3 is 2.89 bits per heavy atom. The minimum absolute atomic E-state index is 0.263. The molecule has 1 amide bonds. The second-order valence-electron chi connectivity index (χ2n) is 7.86. The van der Waals surface area contributed by atoms with E-state index in [1.165, 1.54) is 11.1 Å². The highest BCUT2D eigenvalue weighted by Gasteiger charge is 2.28. The van der Waals surface area contributed by atoms with Gasteiger partial charge in [0.2, 0.25) is 5.91 Å². The van der Waals surface area contributed by atoms with Crippen LogP contribution in [0.5, 0.6) is 5.75 Å². The molecule has 0 bridgehead atoms. The number of fused-ring (bicyclic) bond motifs is 1. The molecule has 0 spiro atoms. The van der Waals surface area contributed by atoms with E-state index in [2.05, 4.69) is 36.1 Å². The van der Waals surface area contributed by atoms with Crippen molar-refractivity contribution in [3.05, 3.63) is 64.2 Å². The van der Waals surface area contributed by atoms with E-state index in [0.717, 1.165) is 48.8 Å². The number of hydrogen-bond acceptors (Lipinski definition) is 3. The van der Waals surface area contributed by atoms with Gasteiger partial charge in [0, 0.05) is 49.2 Å². The molecular weight excluding hydrogens is 372 g/mol. The quantitative estimate of drug-likeness (QED) is 0.767. The summed E-state index contributed by atoms with van der Waals surface area (Å²) >= 11 is 6.19. The molecule has 0 aromatic heterocycles. The molecule has 148 valence electrons. The number of benzene rings is 2. The second-order valence-corrected chi connectivity index (χ2v) is 8.29. The van der Waals surface area contributed by atoms with E-state index in [4.69, 9.17) is 16.3 Å². The van der Waals surface area contributed by atoms with Gasteiger partial charge in [-0.3, -0.25) is 9.69 Å². The average Bonchev–Trinajstić information content (AvgIpc) is 2.98. The summed E-state index contributed by atoms with van der Waals surface area (Å²) < 4.78 is 5.91. The lowest BCUT2D eigenvalue weighted by atomic mass is 10.1. The monoisotopic (exact) mass is 398 g/mol. The largest absolute Gasteiger partial charge is 0.492 e. The lowest BCUT2D eigenvalue weighted by Crippen LogP contribution is -2.37. The Labute approximate surface area is 172 Å². The number of rotatable bonds is 3. The number of likely N-dealkylation sites (tertiary alicyclic amines) is 1. The van der Waals surface area contributed by atoms with Gasteiger partial charge >= 0.3 is 0 Å². The second kappa shape index (κ2) is 8.54. The first-order valence-electron chi connectivity index (χ1n) is 10.1. The van der Waals surface area contributed by atoms with E-state index >= 15 is 0 Å². The number of nitrogens with zero attached hydrogens (tertiary/aromatic N) is 2. The van der Waals surface area contributed by atoms with E-state index < -0.39 is 0 Å². The first-order chi connectivity index (χ1) is 13.6. The number of ether oxygens (including phenoxy) is 1. The molecule has 0 saturated carbocycles. The third-order valence-electron chi connectivity index (χ3n) is 5.78. The van der Waals surface area contributed by atoms with Crippen molar-refractivity contribution in [2.24, 2.45) is 0 Å². The van der Waals surface area contributed by atoms with Gasteiger partial charge in [0.15, 0.2) is 0 Å². The molecule has 4 rings (SSSR count). The first-order valence-corrected chi connectivity index (χ1v) is 10.4. The molecule has 5 heteroatoms. The summed E-state index contributed by atoms with van der Waals surface area (Å²) in [6, 6.07) is 14.7. The minimum Gasteiger partial charge on any atom is -0.492 e. The van der Waals surface area contributed by atoms with E-state index in [9.17, 15) is 4.79 Å². The molecule has 2 aliphatic heterocycles. The van der Waals surface area contributed by atoms with E-state index in [-0.39, 0.29) is 5.91 Å². The fraction of sp³-hybridized carbons (Fsp3) is 0.435.